The van der Waals surface area contributed by atoms with E-state index in [9.17, 15) is 9.59 Å². The van der Waals surface area contributed by atoms with Gasteiger partial charge in [0, 0.05) is 37.6 Å². The van der Waals surface area contributed by atoms with E-state index >= 15 is 0 Å². The molecule has 0 saturated heterocycles. The highest BCUT2D eigenvalue weighted by atomic mass is 16.2. The van der Waals surface area contributed by atoms with Gasteiger partial charge < -0.3 is 15.1 Å². The third-order valence-electron chi connectivity index (χ3n) is 4.06. The van der Waals surface area contributed by atoms with E-state index < -0.39 is 11.8 Å². The van der Waals surface area contributed by atoms with Crippen LogP contribution in [-0.2, 0) is 9.59 Å². The summed E-state index contributed by atoms with van der Waals surface area (Å²) in [4.78, 5) is 28.5. The van der Waals surface area contributed by atoms with Crippen LogP contribution in [0, 0.1) is 6.92 Å². The molecule has 2 amide bonds. The Balaban J connectivity index is 2.84. The van der Waals surface area contributed by atoms with Crippen molar-refractivity contribution in [3.8, 4) is 0 Å². The van der Waals surface area contributed by atoms with Crippen molar-refractivity contribution < 1.29 is 9.59 Å². The van der Waals surface area contributed by atoms with Crippen molar-refractivity contribution in [2.75, 3.05) is 36.4 Å². The maximum Gasteiger partial charge on any atom is 0.313 e. The molecule has 0 bridgehead atoms. The number of benzene rings is 1. The summed E-state index contributed by atoms with van der Waals surface area (Å²) in [5.41, 5.74) is 2.77. The van der Waals surface area contributed by atoms with Crippen LogP contribution in [0.15, 0.2) is 18.2 Å². The molecule has 0 aromatic heterocycles. The van der Waals surface area contributed by atoms with Crippen LogP contribution >= 0.6 is 0 Å². The van der Waals surface area contributed by atoms with Crippen LogP contribution in [0.4, 0.5) is 11.4 Å². The fourth-order valence-electron chi connectivity index (χ4n) is 2.75. The Morgan fingerprint density at radius 3 is 2.04 bits per heavy atom. The second kappa shape index (κ2) is 9.96. The van der Waals surface area contributed by atoms with Gasteiger partial charge in [-0.3, -0.25) is 9.59 Å². The fourth-order valence-corrected chi connectivity index (χ4v) is 2.75. The number of aryl methyl sites for hydroxylation is 1. The number of hydrogen-bond acceptors (Lipinski definition) is 3. The summed E-state index contributed by atoms with van der Waals surface area (Å²) in [5, 5.41) is 2.76. The molecule has 0 aliphatic heterocycles. The monoisotopic (exact) mass is 333 g/mol. The maximum atomic E-state index is 12.3. The summed E-state index contributed by atoms with van der Waals surface area (Å²) in [5.74, 6) is -1.01. The first-order valence-corrected chi connectivity index (χ1v) is 8.94. The van der Waals surface area contributed by atoms with E-state index in [4.69, 9.17) is 0 Å². The molecule has 5 heteroatoms. The topological polar surface area (TPSA) is 52.7 Å². The molecule has 5 nitrogen and oxygen atoms in total. The molecular weight excluding hydrogens is 302 g/mol. The lowest BCUT2D eigenvalue weighted by Gasteiger charge is -2.23. The molecule has 0 aliphatic rings. The Labute approximate surface area is 146 Å². The van der Waals surface area contributed by atoms with E-state index in [2.05, 4.69) is 24.1 Å². The van der Waals surface area contributed by atoms with Crippen molar-refractivity contribution >= 4 is 23.2 Å². The van der Waals surface area contributed by atoms with Gasteiger partial charge in [0.2, 0.25) is 0 Å². The average molecular weight is 333 g/mol. The minimum absolute atomic E-state index is 0.453. The predicted molar refractivity (Wildman–Crippen MR) is 101 cm³/mol. The fraction of sp³-hybridized carbons (Fsp3) is 0.579. The first kappa shape index (κ1) is 20.0. The quantitative estimate of drug-likeness (QED) is 0.742. The van der Waals surface area contributed by atoms with Gasteiger partial charge in [-0.15, -0.1) is 0 Å². The first-order valence-electron chi connectivity index (χ1n) is 8.94. The van der Waals surface area contributed by atoms with Gasteiger partial charge in [0.1, 0.15) is 0 Å². The van der Waals surface area contributed by atoms with Crippen molar-refractivity contribution in [2.45, 2.75) is 47.5 Å². The number of amides is 2. The molecule has 0 radical (unpaired) electrons. The van der Waals surface area contributed by atoms with Crippen LogP contribution in [0.25, 0.3) is 0 Å². The number of nitrogens with zero attached hydrogens (tertiary/aromatic N) is 2. The summed E-state index contributed by atoms with van der Waals surface area (Å²) in [6.07, 6.45) is 1.69. The predicted octanol–water partition coefficient (Wildman–Crippen LogP) is 3.43. The zero-order valence-corrected chi connectivity index (χ0v) is 15.7. The Morgan fingerprint density at radius 1 is 1.00 bits per heavy atom. The Bertz CT molecular complexity index is 548. The molecule has 0 atom stereocenters. The van der Waals surface area contributed by atoms with Crippen LogP contribution < -0.4 is 10.2 Å². The minimum Gasteiger partial charge on any atom is -0.372 e. The molecule has 0 spiro atoms. The highest BCUT2D eigenvalue weighted by Gasteiger charge is 2.21. The SMILES string of the molecule is CCCN(CCC)C(=O)C(=O)Nc1ccc(N(CC)CC)cc1C. The summed E-state index contributed by atoms with van der Waals surface area (Å²) in [7, 11) is 0. The van der Waals surface area contributed by atoms with E-state index in [1.165, 1.54) is 0 Å². The standard InChI is InChI=1S/C19H31N3O2/c1-6-12-22(13-7-2)19(24)18(23)20-17-11-10-16(14-15(17)5)21(8-3)9-4/h10-11,14H,6-9,12-13H2,1-5H3,(H,20,23). The van der Waals surface area contributed by atoms with Crippen molar-refractivity contribution in [2.24, 2.45) is 0 Å². The van der Waals surface area contributed by atoms with E-state index in [0.29, 0.717) is 18.8 Å². The maximum absolute atomic E-state index is 12.3. The zero-order chi connectivity index (χ0) is 18.1. The summed E-state index contributed by atoms with van der Waals surface area (Å²) < 4.78 is 0. The van der Waals surface area contributed by atoms with Crippen molar-refractivity contribution in [1.82, 2.24) is 4.90 Å². The van der Waals surface area contributed by atoms with Gasteiger partial charge in [-0.2, -0.15) is 0 Å². The lowest BCUT2D eigenvalue weighted by molar-refractivity contribution is -0.143. The van der Waals surface area contributed by atoms with Gasteiger partial charge in [0.05, 0.1) is 0 Å². The van der Waals surface area contributed by atoms with Crippen molar-refractivity contribution in [3.63, 3.8) is 0 Å². The van der Waals surface area contributed by atoms with E-state index in [0.717, 1.165) is 37.2 Å². The second-order valence-electron chi connectivity index (χ2n) is 5.92. The Kier molecular flexibility index (Phi) is 8.30. The van der Waals surface area contributed by atoms with E-state index in [-0.39, 0.29) is 0 Å². The number of carbonyl (C=O) groups is 2. The molecule has 134 valence electrons. The van der Waals surface area contributed by atoms with Crippen molar-refractivity contribution in [3.05, 3.63) is 23.8 Å². The third kappa shape index (κ3) is 5.25. The average Bonchev–Trinajstić information content (AvgIpc) is 2.57. The lowest BCUT2D eigenvalue weighted by atomic mass is 10.1. The lowest BCUT2D eigenvalue weighted by Crippen LogP contribution is -2.40. The number of hydrogen-bond donors (Lipinski definition) is 1. The minimum atomic E-state index is -0.560. The Hall–Kier alpha value is -2.04. The molecule has 0 aliphatic carbocycles. The largest absolute Gasteiger partial charge is 0.372 e. The number of anilines is 2. The molecular formula is C19H31N3O2. The van der Waals surface area contributed by atoms with Gasteiger partial charge >= 0.3 is 11.8 Å². The molecule has 0 saturated carbocycles. The first-order chi connectivity index (χ1) is 11.5. The van der Waals surface area contributed by atoms with Gasteiger partial charge in [0.25, 0.3) is 0 Å². The molecule has 0 heterocycles. The zero-order valence-electron chi connectivity index (χ0n) is 15.7. The van der Waals surface area contributed by atoms with Crippen LogP contribution in [0.5, 0.6) is 0 Å². The van der Waals surface area contributed by atoms with Crippen LogP contribution in [0.1, 0.15) is 46.1 Å². The summed E-state index contributed by atoms with van der Waals surface area (Å²) >= 11 is 0. The normalized spacial score (nSPS) is 10.4. The molecule has 1 aromatic rings. The Morgan fingerprint density at radius 2 is 1.58 bits per heavy atom. The molecule has 1 aromatic carbocycles. The number of rotatable bonds is 8. The van der Waals surface area contributed by atoms with Gasteiger partial charge in [-0.25, -0.2) is 0 Å². The van der Waals surface area contributed by atoms with Gasteiger partial charge in [-0.05, 0) is 57.4 Å². The molecule has 0 unspecified atom stereocenters. The molecule has 1 rings (SSSR count). The highest BCUT2D eigenvalue weighted by molar-refractivity contribution is 6.39. The highest BCUT2D eigenvalue weighted by Crippen LogP contribution is 2.22. The third-order valence-corrected chi connectivity index (χ3v) is 4.06. The van der Waals surface area contributed by atoms with Crippen LogP contribution in [-0.4, -0.2) is 42.9 Å². The smallest absolute Gasteiger partial charge is 0.313 e. The molecule has 1 N–H and O–H groups in total. The van der Waals surface area contributed by atoms with Crippen LogP contribution in [0.3, 0.4) is 0 Å². The van der Waals surface area contributed by atoms with Crippen LogP contribution in [0.2, 0.25) is 0 Å². The number of carbonyl (C=O) groups excluding carboxylic acids is 2. The summed E-state index contributed by atoms with van der Waals surface area (Å²) in [6.45, 7) is 13.3. The van der Waals surface area contributed by atoms with E-state index in [1.54, 1.807) is 4.90 Å². The van der Waals surface area contributed by atoms with Gasteiger partial charge in [-0.1, -0.05) is 13.8 Å². The van der Waals surface area contributed by atoms with Crippen molar-refractivity contribution in [1.29, 1.82) is 0 Å². The van der Waals surface area contributed by atoms with Gasteiger partial charge in [0.15, 0.2) is 0 Å². The second-order valence-corrected chi connectivity index (χ2v) is 5.92. The summed E-state index contributed by atoms with van der Waals surface area (Å²) in [6, 6.07) is 5.90. The molecule has 24 heavy (non-hydrogen) atoms. The molecule has 0 fully saturated rings. The number of nitrogens with one attached hydrogen (secondary N) is 1. The van der Waals surface area contributed by atoms with E-state index in [1.807, 2.05) is 39.0 Å².